The second kappa shape index (κ2) is 9.94. The number of amides is 1. The van der Waals surface area contributed by atoms with Crippen LogP contribution in [0.4, 0.5) is 0 Å². The summed E-state index contributed by atoms with van der Waals surface area (Å²) < 4.78 is 10.9. The van der Waals surface area contributed by atoms with Gasteiger partial charge in [0.25, 0.3) is 0 Å². The summed E-state index contributed by atoms with van der Waals surface area (Å²) in [5.74, 6) is 2.68. The van der Waals surface area contributed by atoms with Crippen molar-refractivity contribution in [2.24, 2.45) is 4.99 Å². The molecule has 0 atom stereocenters. The van der Waals surface area contributed by atoms with E-state index in [1.807, 2.05) is 11.9 Å². The number of likely N-dealkylation sites (tertiary alicyclic amines) is 1. The van der Waals surface area contributed by atoms with Crippen LogP contribution in [0.2, 0.25) is 0 Å². The van der Waals surface area contributed by atoms with Crippen LogP contribution in [0.5, 0.6) is 11.5 Å². The lowest BCUT2D eigenvalue weighted by Crippen LogP contribution is -2.43. The van der Waals surface area contributed by atoms with Gasteiger partial charge in [-0.15, -0.1) is 0 Å². The van der Waals surface area contributed by atoms with E-state index >= 15 is 0 Å². The summed E-state index contributed by atoms with van der Waals surface area (Å²) in [5.41, 5.74) is 4.89. The minimum atomic E-state index is 0.263. The van der Waals surface area contributed by atoms with Crippen molar-refractivity contribution in [1.29, 1.82) is 0 Å². The second-order valence-electron chi connectivity index (χ2n) is 8.28. The zero-order chi connectivity index (χ0) is 22.5. The van der Waals surface area contributed by atoms with Gasteiger partial charge in [-0.1, -0.05) is 24.3 Å². The monoisotopic (exact) mass is 436 g/mol. The van der Waals surface area contributed by atoms with Crippen LogP contribution in [-0.2, 0) is 30.8 Å². The molecule has 1 saturated heterocycles. The Balaban J connectivity index is 1.35. The van der Waals surface area contributed by atoms with Crippen molar-refractivity contribution in [1.82, 2.24) is 15.1 Å². The molecule has 0 spiro atoms. The smallest absolute Gasteiger partial charge is 0.222 e. The summed E-state index contributed by atoms with van der Waals surface area (Å²) in [5, 5.41) is 3.49. The van der Waals surface area contributed by atoms with E-state index in [1.165, 1.54) is 22.3 Å². The first-order chi connectivity index (χ1) is 15.6. The zero-order valence-corrected chi connectivity index (χ0v) is 19.2. The molecule has 7 nitrogen and oxygen atoms in total. The molecule has 0 radical (unpaired) electrons. The van der Waals surface area contributed by atoms with Gasteiger partial charge in [0.1, 0.15) is 0 Å². The zero-order valence-electron chi connectivity index (χ0n) is 19.2. The van der Waals surface area contributed by atoms with Crippen LogP contribution in [0.25, 0.3) is 0 Å². The number of hydrogen-bond acceptors (Lipinski definition) is 4. The molecule has 2 aromatic rings. The molecular weight excluding hydrogens is 404 g/mol. The molecule has 0 unspecified atom stereocenters. The first kappa shape index (κ1) is 22.0. The number of carbonyl (C=O) groups excluding carboxylic acids is 1. The van der Waals surface area contributed by atoms with Crippen molar-refractivity contribution < 1.29 is 14.3 Å². The second-order valence-corrected chi connectivity index (χ2v) is 8.28. The van der Waals surface area contributed by atoms with Gasteiger partial charge >= 0.3 is 0 Å². The fraction of sp³-hybridized carbons (Fsp3) is 0.440. The first-order valence-electron chi connectivity index (χ1n) is 11.2. The Morgan fingerprint density at radius 2 is 1.69 bits per heavy atom. The third-order valence-corrected chi connectivity index (χ3v) is 6.25. The average Bonchev–Trinajstić information content (AvgIpc) is 3.23. The molecule has 0 saturated carbocycles. The summed E-state index contributed by atoms with van der Waals surface area (Å²) in [6.07, 6.45) is 2.59. The maximum absolute atomic E-state index is 11.8. The molecule has 0 aliphatic carbocycles. The Hall–Kier alpha value is -3.22. The molecule has 1 N–H and O–H groups in total. The maximum atomic E-state index is 11.8. The van der Waals surface area contributed by atoms with E-state index in [9.17, 15) is 4.79 Å². The number of benzene rings is 2. The van der Waals surface area contributed by atoms with Crippen molar-refractivity contribution in [3.05, 3.63) is 58.7 Å². The number of nitrogens with one attached hydrogen (secondary N) is 1. The van der Waals surface area contributed by atoms with Gasteiger partial charge < -0.3 is 24.6 Å². The number of methoxy groups -OCH3 is 2. The van der Waals surface area contributed by atoms with Gasteiger partial charge in [0.15, 0.2) is 17.5 Å². The summed E-state index contributed by atoms with van der Waals surface area (Å²) in [6.45, 7) is 3.94. The van der Waals surface area contributed by atoms with Crippen molar-refractivity contribution in [2.75, 3.05) is 34.4 Å². The van der Waals surface area contributed by atoms with Crippen LogP contribution in [-0.4, -0.2) is 56.0 Å². The highest BCUT2D eigenvalue weighted by Gasteiger charge is 2.22. The van der Waals surface area contributed by atoms with E-state index in [-0.39, 0.29) is 5.91 Å². The summed E-state index contributed by atoms with van der Waals surface area (Å²) in [7, 11) is 5.16. The highest BCUT2D eigenvalue weighted by Crippen LogP contribution is 2.33. The van der Waals surface area contributed by atoms with Crippen LogP contribution in [0, 0.1) is 0 Å². The molecule has 32 heavy (non-hydrogen) atoms. The van der Waals surface area contributed by atoms with Crippen molar-refractivity contribution >= 4 is 11.9 Å². The lowest BCUT2D eigenvalue weighted by Gasteiger charge is -2.32. The largest absolute Gasteiger partial charge is 0.493 e. The summed E-state index contributed by atoms with van der Waals surface area (Å²) in [6, 6.07) is 12.6. The van der Waals surface area contributed by atoms with Crippen LogP contribution in [0.1, 0.15) is 35.1 Å². The van der Waals surface area contributed by atoms with E-state index in [1.54, 1.807) is 14.2 Å². The van der Waals surface area contributed by atoms with Gasteiger partial charge in [-0.25, -0.2) is 0 Å². The standard InChI is InChI=1S/C25H32N4O3/c1-26-25(29-12-10-20-13-22(31-2)23(32-3)14-21(20)17-29)27-15-18-6-8-19(9-7-18)16-28-11-4-5-24(28)30/h6-9,13-14H,4-5,10-12,15-17H2,1-3H3,(H,26,27). The maximum Gasteiger partial charge on any atom is 0.222 e. The molecule has 170 valence electrons. The Morgan fingerprint density at radius 3 is 2.31 bits per heavy atom. The average molecular weight is 437 g/mol. The molecule has 1 amide bonds. The lowest BCUT2D eigenvalue weighted by molar-refractivity contribution is -0.128. The quantitative estimate of drug-likeness (QED) is 0.557. The van der Waals surface area contributed by atoms with Gasteiger partial charge in [0.2, 0.25) is 5.91 Å². The van der Waals surface area contributed by atoms with E-state index < -0.39 is 0 Å². The predicted molar refractivity (Wildman–Crippen MR) is 125 cm³/mol. The number of rotatable bonds is 6. The SMILES string of the molecule is CN=C(NCc1ccc(CN2CCCC2=O)cc1)N1CCc2cc(OC)c(OC)cc2C1. The molecule has 7 heteroatoms. The van der Waals surface area contributed by atoms with Crippen LogP contribution in [0.3, 0.4) is 0 Å². The number of guanidine groups is 1. The minimum absolute atomic E-state index is 0.263. The van der Waals surface area contributed by atoms with E-state index in [4.69, 9.17) is 9.47 Å². The molecule has 2 aromatic carbocycles. The molecule has 0 aromatic heterocycles. The number of ether oxygens (including phenoxy) is 2. The van der Waals surface area contributed by atoms with Crippen molar-refractivity contribution in [2.45, 2.75) is 38.9 Å². The van der Waals surface area contributed by atoms with Crippen LogP contribution < -0.4 is 14.8 Å². The van der Waals surface area contributed by atoms with Crippen LogP contribution >= 0.6 is 0 Å². The highest BCUT2D eigenvalue weighted by molar-refractivity contribution is 5.80. The number of carbonyl (C=O) groups is 1. The number of fused-ring (bicyclic) bond motifs is 1. The van der Waals surface area contributed by atoms with E-state index in [2.05, 4.69) is 51.6 Å². The third-order valence-electron chi connectivity index (χ3n) is 6.25. The Bertz CT molecular complexity index is 987. The van der Waals surface area contributed by atoms with Gasteiger partial charge in [0.05, 0.1) is 14.2 Å². The molecule has 4 rings (SSSR count). The Morgan fingerprint density at radius 1 is 1.00 bits per heavy atom. The van der Waals surface area contributed by atoms with Gasteiger partial charge in [-0.3, -0.25) is 9.79 Å². The first-order valence-corrected chi connectivity index (χ1v) is 11.2. The topological polar surface area (TPSA) is 66.4 Å². The molecule has 1 fully saturated rings. The Labute approximate surface area is 190 Å². The fourth-order valence-corrected chi connectivity index (χ4v) is 4.43. The molecule has 2 heterocycles. The molecule has 2 aliphatic heterocycles. The number of nitrogens with zero attached hydrogens (tertiary/aromatic N) is 3. The normalized spacial score (nSPS) is 16.2. The molecular formula is C25H32N4O3. The number of aliphatic imine (C=N–C) groups is 1. The fourth-order valence-electron chi connectivity index (χ4n) is 4.43. The van der Waals surface area contributed by atoms with E-state index in [0.717, 1.165) is 49.9 Å². The van der Waals surface area contributed by atoms with Crippen molar-refractivity contribution in [3.63, 3.8) is 0 Å². The van der Waals surface area contributed by atoms with Crippen LogP contribution in [0.15, 0.2) is 41.4 Å². The van der Waals surface area contributed by atoms with Crippen molar-refractivity contribution in [3.8, 4) is 11.5 Å². The highest BCUT2D eigenvalue weighted by atomic mass is 16.5. The number of hydrogen-bond donors (Lipinski definition) is 1. The summed E-state index contributed by atoms with van der Waals surface area (Å²) in [4.78, 5) is 20.5. The lowest BCUT2D eigenvalue weighted by atomic mass is 9.99. The minimum Gasteiger partial charge on any atom is -0.493 e. The van der Waals surface area contributed by atoms with E-state index in [0.29, 0.717) is 19.5 Å². The predicted octanol–water partition coefficient (Wildman–Crippen LogP) is 2.96. The Kier molecular flexibility index (Phi) is 6.83. The third kappa shape index (κ3) is 4.82. The molecule has 2 aliphatic rings. The summed E-state index contributed by atoms with van der Waals surface area (Å²) >= 11 is 0. The molecule has 0 bridgehead atoms. The van der Waals surface area contributed by atoms with Gasteiger partial charge in [0, 0.05) is 46.2 Å². The van der Waals surface area contributed by atoms with Gasteiger partial charge in [-0.05, 0) is 47.2 Å². The van der Waals surface area contributed by atoms with Gasteiger partial charge in [-0.2, -0.15) is 0 Å².